The molecule has 39 heavy (non-hydrogen) atoms. The van der Waals surface area contributed by atoms with Gasteiger partial charge in [-0.05, 0) is 55.2 Å². The van der Waals surface area contributed by atoms with Gasteiger partial charge >= 0.3 is 0 Å². The zero-order valence-corrected chi connectivity index (χ0v) is 23.3. The summed E-state index contributed by atoms with van der Waals surface area (Å²) in [5, 5.41) is 4.33. The van der Waals surface area contributed by atoms with Crippen molar-refractivity contribution in [1.82, 2.24) is 19.7 Å². The topological polar surface area (TPSA) is 83.9 Å². The third-order valence-electron chi connectivity index (χ3n) is 7.73. The summed E-state index contributed by atoms with van der Waals surface area (Å²) in [6.45, 7) is 9.51. The third kappa shape index (κ3) is 4.89. The molecule has 0 unspecified atom stereocenters. The Kier molecular flexibility index (Phi) is 7.40. The van der Waals surface area contributed by atoms with Crippen LogP contribution in [0.25, 0.3) is 10.9 Å². The van der Waals surface area contributed by atoms with Crippen LogP contribution in [0.2, 0.25) is 5.02 Å². The molecule has 0 saturated carbocycles. The van der Waals surface area contributed by atoms with Crippen molar-refractivity contribution >= 4 is 40.2 Å². The molecule has 0 atom stereocenters. The van der Waals surface area contributed by atoms with Gasteiger partial charge in [0.25, 0.3) is 5.91 Å². The first-order valence-electron chi connectivity index (χ1n) is 13.2. The van der Waals surface area contributed by atoms with E-state index in [0.717, 1.165) is 39.0 Å². The van der Waals surface area contributed by atoms with Gasteiger partial charge in [0.15, 0.2) is 0 Å². The van der Waals surface area contributed by atoms with Gasteiger partial charge in [0, 0.05) is 47.8 Å². The first-order chi connectivity index (χ1) is 18.7. The van der Waals surface area contributed by atoms with Crippen LogP contribution in [0.15, 0.2) is 43.0 Å². The third-order valence-corrected chi connectivity index (χ3v) is 7.95. The summed E-state index contributed by atoms with van der Waals surface area (Å²) in [5.74, 6) is 0.482. The molecule has 2 aromatic carbocycles. The normalized spacial score (nSPS) is 15.1. The molecular formula is C30H33ClN4O4. The van der Waals surface area contributed by atoms with Crippen LogP contribution in [-0.4, -0.2) is 64.9 Å². The highest BCUT2D eigenvalue weighted by Gasteiger charge is 2.32. The average Bonchev–Trinajstić information content (AvgIpc) is 3.21. The Labute approximate surface area is 233 Å². The van der Waals surface area contributed by atoms with Gasteiger partial charge in [0.2, 0.25) is 11.8 Å². The fraction of sp³-hybridized carbons (Fsp3) is 0.367. The monoisotopic (exact) mass is 548 g/mol. The number of carbonyl (C=O) groups excluding carboxylic acids is 3. The van der Waals surface area contributed by atoms with Gasteiger partial charge in [0.1, 0.15) is 12.3 Å². The van der Waals surface area contributed by atoms with Gasteiger partial charge in [-0.2, -0.15) is 0 Å². The number of aromatic nitrogens is 1. The highest BCUT2D eigenvalue weighted by Crippen LogP contribution is 2.35. The summed E-state index contributed by atoms with van der Waals surface area (Å²) in [5.41, 5.74) is 5.37. The second kappa shape index (κ2) is 10.8. The van der Waals surface area contributed by atoms with Gasteiger partial charge in [-0.25, -0.2) is 0 Å². The van der Waals surface area contributed by atoms with Crippen molar-refractivity contribution < 1.29 is 19.1 Å². The molecule has 1 aromatic heterocycles. The van der Waals surface area contributed by atoms with E-state index in [0.29, 0.717) is 49.6 Å². The minimum atomic E-state index is -0.162. The fourth-order valence-corrected chi connectivity index (χ4v) is 6.16. The lowest BCUT2D eigenvalue weighted by Crippen LogP contribution is -2.61. The van der Waals surface area contributed by atoms with E-state index in [4.69, 9.17) is 16.3 Å². The largest absolute Gasteiger partial charge is 0.496 e. The molecule has 2 aliphatic heterocycles. The van der Waals surface area contributed by atoms with Crippen LogP contribution in [0.1, 0.15) is 39.7 Å². The van der Waals surface area contributed by atoms with Crippen LogP contribution in [0, 0.1) is 6.92 Å². The standard InChI is InChI=1S/C30H33ClN4O4/c1-5-24-28(30(38)33-11-10-22-19(14-33)8-7-9-25(22)39-4)23-13-20(31)12-18(3)29(23)35(24)17-26(36)32-21-15-34(16-21)27(37)6-2/h6-9,12-13,21H,2,5,10-11,14-17H2,1,3-4H3,(H,32,36). The SMILES string of the molecule is C=CC(=O)N1CC(NC(=O)Cn2c(CC)c(C(=O)N3CCc4c(cccc4OC)C3)c3cc(Cl)cc(C)c32)C1. The number of fused-ring (bicyclic) bond motifs is 2. The van der Waals surface area contributed by atoms with Crippen molar-refractivity contribution in [3.8, 4) is 5.75 Å². The van der Waals surface area contributed by atoms with E-state index in [-0.39, 0.29) is 30.3 Å². The Morgan fingerprint density at radius 1 is 1.21 bits per heavy atom. The number of rotatable bonds is 7. The summed E-state index contributed by atoms with van der Waals surface area (Å²) in [4.78, 5) is 42.5. The van der Waals surface area contributed by atoms with Crippen LogP contribution >= 0.6 is 11.6 Å². The van der Waals surface area contributed by atoms with Crippen molar-refractivity contribution in [3.63, 3.8) is 0 Å². The van der Waals surface area contributed by atoms with Crippen molar-refractivity contribution in [3.05, 3.63) is 76.0 Å². The molecule has 5 rings (SSSR count). The van der Waals surface area contributed by atoms with E-state index in [1.54, 1.807) is 12.0 Å². The molecule has 0 radical (unpaired) electrons. The molecule has 2 aliphatic rings. The van der Waals surface area contributed by atoms with E-state index in [2.05, 4.69) is 11.9 Å². The molecule has 0 bridgehead atoms. The fourth-order valence-electron chi connectivity index (χ4n) is 5.88. The molecule has 9 heteroatoms. The predicted octanol–water partition coefficient (Wildman–Crippen LogP) is 3.89. The van der Waals surface area contributed by atoms with Crippen LogP contribution in [0.3, 0.4) is 0 Å². The minimum absolute atomic E-state index is 0.0660. The maximum absolute atomic E-state index is 14.1. The molecule has 1 fully saturated rings. The zero-order chi connectivity index (χ0) is 27.8. The molecule has 3 amide bonds. The number of methoxy groups -OCH3 is 1. The van der Waals surface area contributed by atoms with Gasteiger partial charge in [0.05, 0.1) is 24.2 Å². The first kappa shape index (κ1) is 26.8. The highest BCUT2D eigenvalue weighted by molar-refractivity contribution is 6.31. The molecule has 8 nitrogen and oxygen atoms in total. The molecular weight excluding hydrogens is 516 g/mol. The second-order valence-electron chi connectivity index (χ2n) is 10.2. The quantitative estimate of drug-likeness (QED) is 0.454. The summed E-state index contributed by atoms with van der Waals surface area (Å²) in [6.07, 6.45) is 2.56. The van der Waals surface area contributed by atoms with E-state index < -0.39 is 0 Å². The van der Waals surface area contributed by atoms with E-state index in [1.165, 1.54) is 6.08 Å². The number of nitrogens with zero attached hydrogens (tertiary/aromatic N) is 3. The number of nitrogens with one attached hydrogen (secondary N) is 1. The number of hydrogen-bond donors (Lipinski definition) is 1. The molecule has 0 aliphatic carbocycles. The van der Waals surface area contributed by atoms with Crippen molar-refractivity contribution in [2.24, 2.45) is 0 Å². The highest BCUT2D eigenvalue weighted by atomic mass is 35.5. The summed E-state index contributed by atoms with van der Waals surface area (Å²) < 4.78 is 7.49. The van der Waals surface area contributed by atoms with Gasteiger partial charge in [-0.15, -0.1) is 0 Å². The second-order valence-corrected chi connectivity index (χ2v) is 10.6. The van der Waals surface area contributed by atoms with Crippen molar-refractivity contribution in [1.29, 1.82) is 0 Å². The van der Waals surface area contributed by atoms with Crippen molar-refractivity contribution in [2.45, 2.75) is 45.8 Å². The maximum atomic E-state index is 14.1. The minimum Gasteiger partial charge on any atom is -0.496 e. The summed E-state index contributed by atoms with van der Waals surface area (Å²) >= 11 is 6.48. The number of likely N-dealkylation sites (tertiary alicyclic amines) is 1. The van der Waals surface area contributed by atoms with Gasteiger partial charge in [-0.3, -0.25) is 14.4 Å². The molecule has 0 spiro atoms. The number of halogens is 1. The molecule has 1 N–H and O–H groups in total. The van der Waals surface area contributed by atoms with Crippen LogP contribution in [-0.2, 0) is 35.5 Å². The Balaban J connectivity index is 1.46. The molecule has 204 valence electrons. The average molecular weight is 549 g/mol. The Bertz CT molecular complexity index is 1490. The smallest absolute Gasteiger partial charge is 0.256 e. The Hall–Kier alpha value is -3.78. The Morgan fingerprint density at radius 3 is 2.67 bits per heavy atom. The number of hydrogen-bond acceptors (Lipinski definition) is 4. The van der Waals surface area contributed by atoms with Crippen LogP contribution in [0.4, 0.5) is 0 Å². The van der Waals surface area contributed by atoms with Gasteiger partial charge < -0.3 is 24.4 Å². The molecule has 1 saturated heterocycles. The summed E-state index contributed by atoms with van der Waals surface area (Å²) in [6, 6.07) is 9.53. The number of benzene rings is 2. The zero-order valence-electron chi connectivity index (χ0n) is 22.6. The van der Waals surface area contributed by atoms with E-state index >= 15 is 0 Å². The number of carbonyl (C=O) groups is 3. The number of amides is 3. The summed E-state index contributed by atoms with van der Waals surface area (Å²) in [7, 11) is 1.67. The van der Waals surface area contributed by atoms with E-state index in [9.17, 15) is 14.4 Å². The lowest BCUT2D eigenvalue weighted by molar-refractivity contribution is -0.133. The van der Waals surface area contributed by atoms with Crippen LogP contribution < -0.4 is 10.1 Å². The maximum Gasteiger partial charge on any atom is 0.256 e. The lowest BCUT2D eigenvalue weighted by Gasteiger charge is -2.39. The first-order valence-corrected chi connectivity index (χ1v) is 13.6. The lowest BCUT2D eigenvalue weighted by atomic mass is 9.97. The van der Waals surface area contributed by atoms with Crippen LogP contribution in [0.5, 0.6) is 5.75 Å². The molecule has 3 aromatic rings. The number of aryl methyl sites for hydroxylation is 1. The number of ether oxygens (including phenoxy) is 1. The van der Waals surface area contributed by atoms with Crippen molar-refractivity contribution in [2.75, 3.05) is 26.7 Å². The Morgan fingerprint density at radius 2 is 1.97 bits per heavy atom. The predicted molar refractivity (Wildman–Crippen MR) is 151 cm³/mol. The molecule has 3 heterocycles. The van der Waals surface area contributed by atoms with Gasteiger partial charge in [-0.1, -0.05) is 37.2 Å². The van der Waals surface area contributed by atoms with E-state index in [1.807, 2.05) is 53.6 Å².